The molecule has 1 heterocycles. The van der Waals surface area contributed by atoms with Gasteiger partial charge >= 0.3 is 6.09 Å². The Balaban J connectivity index is 2.05. The van der Waals surface area contributed by atoms with Crippen molar-refractivity contribution in [3.8, 4) is 6.07 Å². The van der Waals surface area contributed by atoms with Crippen molar-refractivity contribution >= 4 is 12.0 Å². The van der Waals surface area contributed by atoms with Crippen LogP contribution in [-0.2, 0) is 9.53 Å². The molecular weight excluding hydrogens is 258 g/mol. The molecule has 0 bridgehead atoms. The molecule has 1 N–H and O–H groups in total. The van der Waals surface area contributed by atoms with E-state index in [1.807, 2.05) is 0 Å². The molecule has 0 radical (unpaired) electrons. The van der Waals surface area contributed by atoms with E-state index in [1.165, 1.54) is 6.92 Å². The van der Waals surface area contributed by atoms with Gasteiger partial charge in [-0.2, -0.15) is 5.26 Å². The summed E-state index contributed by atoms with van der Waals surface area (Å²) in [5, 5.41) is 11.8. The monoisotopic (exact) mass is 277 g/mol. The fourth-order valence-corrected chi connectivity index (χ4v) is 2.61. The van der Waals surface area contributed by atoms with E-state index in [0.29, 0.717) is 12.0 Å². The highest BCUT2D eigenvalue weighted by Gasteiger charge is 2.55. The maximum absolute atomic E-state index is 11.8. The minimum absolute atomic E-state index is 0.0496. The van der Waals surface area contributed by atoms with E-state index in [1.54, 1.807) is 31.7 Å². The second-order valence-corrected chi connectivity index (χ2v) is 6.17. The standard InChI is InChI=1S/C14H19N3O3/c1-8(18)17-11-6-9(7-15)5-10(12(11)17)16-13(19)20-14(2,3)4/h6,10-12H,5H2,1-4H3,(H,16,19)/t10-,11-,12+,17?/m0/s1. The van der Waals surface area contributed by atoms with Crippen LogP contribution in [0.4, 0.5) is 4.79 Å². The maximum Gasteiger partial charge on any atom is 0.407 e. The van der Waals surface area contributed by atoms with Crippen LogP contribution in [-0.4, -0.2) is 40.6 Å². The molecule has 0 aromatic heterocycles. The van der Waals surface area contributed by atoms with Crippen molar-refractivity contribution in [3.63, 3.8) is 0 Å². The summed E-state index contributed by atoms with van der Waals surface area (Å²) in [5.41, 5.74) is 0.0200. The lowest BCUT2D eigenvalue weighted by molar-refractivity contribution is -0.124. The minimum Gasteiger partial charge on any atom is -0.444 e. The third-order valence-corrected chi connectivity index (χ3v) is 3.34. The first-order valence-electron chi connectivity index (χ1n) is 6.62. The van der Waals surface area contributed by atoms with Gasteiger partial charge < -0.3 is 15.0 Å². The van der Waals surface area contributed by atoms with Gasteiger partial charge in [-0.25, -0.2) is 4.79 Å². The Bertz CT molecular complexity index is 513. The number of amides is 2. The Hall–Kier alpha value is -2.03. The summed E-state index contributed by atoms with van der Waals surface area (Å²) < 4.78 is 5.22. The van der Waals surface area contributed by atoms with Gasteiger partial charge in [-0.3, -0.25) is 4.79 Å². The molecule has 3 atom stereocenters. The minimum atomic E-state index is -0.574. The SMILES string of the molecule is CC(=O)N1[C@@H]2[C@@H](NC(=O)OC(C)(C)C)CC(C#N)=C[C@@H]21. The first kappa shape index (κ1) is 14.4. The van der Waals surface area contributed by atoms with Crippen LogP contribution in [0.15, 0.2) is 11.6 Å². The summed E-state index contributed by atoms with van der Waals surface area (Å²) in [6.07, 6.45) is 1.72. The molecule has 0 unspecified atom stereocenters. The number of ether oxygens (including phenoxy) is 1. The molecule has 1 aliphatic carbocycles. The Morgan fingerprint density at radius 2 is 2.15 bits per heavy atom. The molecule has 1 aliphatic heterocycles. The predicted molar refractivity (Wildman–Crippen MR) is 71.6 cm³/mol. The zero-order valence-corrected chi connectivity index (χ0v) is 12.1. The van der Waals surface area contributed by atoms with Crippen LogP contribution in [0.3, 0.4) is 0 Å². The number of carbonyl (C=O) groups is 2. The zero-order chi connectivity index (χ0) is 15.1. The summed E-state index contributed by atoms with van der Waals surface area (Å²) in [7, 11) is 0. The van der Waals surface area contributed by atoms with Gasteiger partial charge in [0.15, 0.2) is 0 Å². The van der Waals surface area contributed by atoms with Crippen LogP contribution >= 0.6 is 0 Å². The molecular formula is C14H19N3O3. The van der Waals surface area contributed by atoms with Crippen LogP contribution in [0.2, 0.25) is 0 Å². The molecule has 0 aromatic carbocycles. The highest BCUT2D eigenvalue weighted by atomic mass is 16.6. The smallest absolute Gasteiger partial charge is 0.407 e. The van der Waals surface area contributed by atoms with Crippen LogP contribution in [0, 0.1) is 11.3 Å². The largest absolute Gasteiger partial charge is 0.444 e. The Morgan fingerprint density at radius 3 is 2.65 bits per heavy atom. The normalized spacial score (nSPS) is 27.9. The molecule has 20 heavy (non-hydrogen) atoms. The van der Waals surface area contributed by atoms with E-state index >= 15 is 0 Å². The van der Waals surface area contributed by atoms with Crippen LogP contribution in [0.5, 0.6) is 0 Å². The number of nitrogens with one attached hydrogen (secondary N) is 1. The molecule has 6 nitrogen and oxygen atoms in total. The van der Waals surface area contributed by atoms with E-state index in [-0.39, 0.29) is 24.0 Å². The van der Waals surface area contributed by atoms with Crippen molar-refractivity contribution < 1.29 is 14.3 Å². The summed E-state index contributed by atoms with van der Waals surface area (Å²) >= 11 is 0. The van der Waals surface area contributed by atoms with Crippen LogP contribution < -0.4 is 5.32 Å². The second-order valence-electron chi connectivity index (χ2n) is 6.17. The fraction of sp³-hybridized carbons (Fsp3) is 0.643. The van der Waals surface area contributed by atoms with E-state index in [2.05, 4.69) is 11.4 Å². The molecule has 108 valence electrons. The van der Waals surface area contributed by atoms with Gasteiger partial charge in [0.1, 0.15) is 5.60 Å². The third-order valence-electron chi connectivity index (χ3n) is 3.34. The molecule has 1 saturated heterocycles. The van der Waals surface area contributed by atoms with Crippen LogP contribution in [0.25, 0.3) is 0 Å². The first-order valence-corrected chi connectivity index (χ1v) is 6.62. The van der Waals surface area contributed by atoms with Gasteiger partial charge in [0, 0.05) is 18.9 Å². The number of hydrogen-bond donors (Lipinski definition) is 1. The second kappa shape index (κ2) is 4.82. The summed E-state index contributed by atoms with van der Waals surface area (Å²) in [4.78, 5) is 25.0. The van der Waals surface area contributed by atoms with Gasteiger partial charge in [0.25, 0.3) is 0 Å². The zero-order valence-electron chi connectivity index (χ0n) is 12.1. The van der Waals surface area contributed by atoms with Gasteiger partial charge in [0.2, 0.25) is 5.91 Å². The molecule has 6 heteroatoms. The van der Waals surface area contributed by atoms with Crippen molar-refractivity contribution in [1.29, 1.82) is 5.26 Å². The Labute approximate surface area is 118 Å². The Kier molecular flexibility index (Phi) is 3.46. The maximum atomic E-state index is 11.8. The average Bonchev–Trinajstić information content (AvgIpc) is 3.00. The molecule has 2 aliphatic rings. The van der Waals surface area contributed by atoms with E-state index < -0.39 is 11.7 Å². The average molecular weight is 277 g/mol. The highest BCUT2D eigenvalue weighted by molar-refractivity contribution is 5.79. The summed E-state index contributed by atoms with van der Waals surface area (Å²) in [6.45, 7) is 6.85. The van der Waals surface area contributed by atoms with Crippen molar-refractivity contribution in [2.24, 2.45) is 0 Å². The summed E-state index contributed by atoms with van der Waals surface area (Å²) in [6, 6.07) is 1.71. The number of fused-ring (bicyclic) bond motifs is 1. The number of nitriles is 1. The number of carbonyl (C=O) groups excluding carboxylic acids is 2. The van der Waals surface area contributed by atoms with Crippen molar-refractivity contribution in [3.05, 3.63) is 11.6 Å². The first-order chi connectivity index (χ1) is 9.23. The number of rotatable bonds is 1. The number of nitrogens with zero attached hydrogens (tertiary/aromatic N) is 2. The highest BCUT2D eigenvalue weighted by Crippen LogP contribution is 2.39. The van der Waals surface area contributed by atoms with Crippen molar-refractivity contribution in [2.75, 3.05) is 0 Å². The van der Waals surface area contributed by atoms with Gasteiger partial charge in [-0.15, -0.1) is 0 Å². The molecule has 0 aromatic rings. The summed E-state index contributed by atoms with van der Waals surface area (Å²) in [5.74, 6) is -0.0496. The quantitative estimate of drug-likeness (QED) is 0.733. The lowest BCUT2D eigenvalue weighted by atomic mass is 9.96. The van der Waals surface area contributed by atoms with Crippen molar-refractivity contribution in [2.45, 2.75) is 57.8 Å². The van der Waals surface area contributed by atoms with E-state index in [4.69, 9.17) is 10.00 Å². The molecule has 2 amide bonds. The van der Waals surface area contributed by atoms with Crippen molar-refractivity contribution in [1.82, 2.24) is 10.2 Å². The fourth-order valence-electron chi connectivity index (χ4n) is 2.61. The number of alkyl carbamates (subject to hydrolysis) is 1. The molecule has 0 spiro atoms. The Morgan fingerprint density at radius 1 is 1.50 bits per heavy atom. The van der Waals surface area contributed by atoms with Crippen LogP contribution in [0.1, 0.15) is 34.1 Å². The lowest BCUT2D eigenvalue weighted by Gasteiger charge is -2.24. The van der Waals surface area contributed by atoms with Gasteiger partial charge in [-0.1, -0.05) is 0 Å². The van der Waals surface area contributed by atoms with Gasteiger partial charge in [-0.05, 0) is 26.8 Å². The van der Waals surface area contributed by atoms with E-state index in [0.717, 1.165) is 0 Å². The third kappa shape index (κ3) is 2.93. The molecule has 2 rings (SSSR count). The van der Waals surface area contributed by atoms with E-state index in [9.17, 15) is 9.59 Å². The molecule has 0 saturated carbocycles. The topological polar surface area (TPSA) is 82.2 Å². The van der Waals surface area contributed by atoms with Gasteiger partial charge in [0.05, 0.1) is 24.2 Å². The lowest BCUT2D eigenvalue weighted by Crippen LogP contribution is -2.44. The number of hydrogen-bond acceptors (Lipinski definition) is 4. The predicted octanol–water partition coefficient (Wildman–Crippen LogP) is 1.33. The molecule has 1 fully saturated rings.